The summed E-state index contributed by atoms with van der Waals surface area (Å²) < 4.78 is 34.7. The maximum atomic E-state index is 12.4. The first-order valence-corrected chi connectivity index (χ1v) is 8.00. The standard InChI is InChI=1S/C14H11BrF2N2O4S/c1-22-8-3-2-7(6-9(8)23-14(16)17)12(20)18-19-13(21)10-4-5-11(15)24-10/h2-6,14H,1H3,(H,18,20)(H,19,21). The summed E-state index contributed by atoms with van der Waals surface area (Å²) in [4.78, 5) is 24.2. The largest absolute Gasteiger partial charge is 0.493 e. The highest BCUT2D eigenvalue weighted by Crippen LogP contribution is 2.29. The van der Waals surface area contributed by atoms with E-state index in [-0.39, 0.29) is 17.1 Å². The number of hydrazine groups is 1. The van der Waals surface area contributed by atoms with Crippen molar-refractivity contribution in [3.05, 3.63) is 44.6 Å². The lowest BCUT2D eigenvalue weighted by Gasteiger charge is -2.12. The molecule has 2 amide bonds. The van der Waals surface area contributed by atoms with Crippen molar-refractivity contribution in [1.82, 2.24) is 10.9 Å². The van der Waals surface area contributed by atoms with Crippen molar-refractivity contribution in [3.8, 4) is 11.5 Å². The average molecular weight is 421 g/mol. The van der Waals surface area contributed by atoms with Crippen LogP contribution in [-0.4, -0.2) is 25.5 Å². The fourth-order valence-corrected chi connectivity index (χ4v) is 2.97. The Bertz CT molecular complexity index is 754. The number of nitrogens with one attached hydrogen (secondary N) is 2. The van der Waals surface area contributed by atoms with Crippen LogP contribution < -0.4 is 20.3 Å². The zero-order valence-corrected chi connectivity index (χ0v) is 14.5. The average Bonchev–Trinajstić information content (AvgIpc) is 2.98. The van der Waals surface area contributed by atoms with Gasteiger partial charge in [0.1, 0.15) is 0 Å². The second-order valence-electron chi connectivity index (χ2n) is 4.26. The second kappa shape index (κ2) is 8.06. The van der Waals surface area contributed by atoms with Crippen LogP contribution in [0, 0.1) is 0 Å². The van der Waals surface area contributed by atoms with Gasteiger partial charge in [-0.3, -0.25) is 20.4 Å². The van der Waals surface area contributed by atoms with Crippen LogP contribution in [0.25, 0.3) is 0 Å². The summed E-state index contributed by atoms with van der Waals surface area (Å²) in [5.74, 6) is -1.43. The fraction of sp³-hybridized carbons (Fsp3) is 0.143. The van der Waals surface area contributed by atoms with Gasteiger partial charge in [-0.15, -0.1) is 11.3 Å². The molecule has 2 aromatic rings. The molecular weight excluding hydrogens is 410 g/mol. The van der Waals surface area contributed by atoms with E-state index < -0.39 is 18.4 Å². The number of ether oxygens (including phenoxy) is 2. The number of methoxy groups -OCH3 is 1. The van der Waals surface area contributed by atoms with Gasteiger partial charge in [0.05, 0.1) is 15.8 Å². The van der Waals surface area contributed by atoms with E-state index in [2.05, 4.69) is 31.5 Å². The molecule has 0 spiro atoms. The van der Waals surface area contributed by atoms with Gasteiger partial charge in [0.15, 0.2) is 11.5 Å². The molecule has 0 atom stereocenters. The molecule has 0 unspecified atom stereocenters. The van der Waals surface area contributed by atoms with Crippen LogP contribution in [0.4, 0.5) is 8.78 Å². The van der Waals surface area contributed by atoms with Crippen molar-refractivity contribution < 1.29 is 27.8 Å². The first kappa shape index (κ1) is 18.1. The number of amides is 2. The number of benzene rings is 1. The number of hydrogen-bond acceptors (Lipinski definition) is 5. The van der Waals surface area contributed by atoms with Crippen LogP contribution in [0.5, 0.6) is 11.5 Å². The maximum absolute atomic E-state index is 12.4. The van der Waals surface area contributed by atoms with Gasteiger partial charge < -0.3 is 9.47 Å². The van der Waals surface area contributed by atoms with Crippen LogP contribution in [0.3, 0.4) is 0 Å². The summed E-state index contributed by atoms with van der Waals surface area (Å²) in [6, 6.07) is 7.02. The number of carbonyl (C=O) groups is 2. The molecule has 0 aliphatic carbocycles. The van der Waals surface area contributed by atoms with E-state index in [9.17, 15) is 18.4 Å². The van der Waals surface area contributed by atoms with Gasteiger partial charge in [0, 0.05) is 5.56 Å². The Kier molecular flexibility index (Phi) is 6.10. The molecule has 0 saturated heterocycles. The lowest BCUT2D eigenvalue weighted by molar-refractivity contribution is -0.0512. The highest BCUT2D eigenvalue weighted by molar-refractivity contribution is 9.11. The van der Waals surface area contributed by atoms with Crippen molar-refractivity contribution in [2.75, 3.05) is 7.11 Å². The number of hydrogen-bond donors (Lipinski definition) is 2. The minimum atomic E-state index is -3.06. The molecule has 0 saturated carbocycles. The summed E-state index contributed by atoms with van der Waals surface area (Å²) >= 11 is 4.41. The monoisotopic (exact) mass is 420 g/mol. The second-order valence-corrected chi connectivity index (χ2v) is 6.72. The van der Waals surface area contributed by atoms with Crippen LogP contribution in [-0.2, 0) is 0 Å². The molecule has 6 nitrogen and oxygen atoms in total. The van der Waals surface area contributed by atoms with Gasteiger partial charge in [-0.2, -0.15) is 8.78 Å². The van der Waals surface area contributed by atoms with Crippen molar-refractivity contribution in [1.29, 1.82) is 0 Å². The number of alkyl halides is 2. The van der Waals surface area contributed by atoms with Crippen molar-refractivity contribution >= 4 is 39.1 Å². The Morgan fingerprint density at radius 3 is 2.42 bits per heavy atom. The first-order valence-electron chi connectivity index (χ1n) is 6.39. The zero-order chi connectivity index (χ0) is 17.7. The Balaban J connectivity index is 2.05. The molecule has 0 radical (unpaired) electrons. The van der Waals surface area contributed by atoms with Crippen LogP contribution in [0.15, 0.2) is 34.1 Å². The minimum Gasteiger partial charge on any atom is -0.493 e. The molecule has 24 heavy (non-hydrogen) atoms. The van der Waals surface area contributed by atoms with E-state index in [1.165, 1.54) is 30.6 Å². The fourth-order valence-electron chi connectivity index (χ4n) is 1.69. The van der Waals surface area contributed by atoms with E-state index >= 15 is 0 Å². The lowest BCUT2D eigenvalue weighted by Crippen LogP contribution is -2.41. The van der Waals surface area contributed by atoms with E-state index in [4.69, 9.17) is 4.74 Å². The van der Waals surface area contributed by atoms with E-state index in [1.807, 2.05) is 0 Å². The third-order valence-electron chi connectivity index (χ3n) is 2.73. The van der Waals surface area contributed by atoms with Crippen LogP contribution in [0.2, 0.25) is 0 Å². The normalized spacial score (nSPS) is 10.4. The van der Waals surface area contributed by atoms with Gasteiger partial charge in [-0.05, 0) is 46.3 Å². The Morgan fingerprint density at radius 2 is 1.83 bits per heavy atom. The molecule has 1 aromatic carbocycles. The maximum Gasteiger partial charge on any atom is 0.387 e. The molecular formula is C14H11BrF2N2O4S. The molecule has 0 aliphatic heterocycles. The van der Waals surface area contributed by atoms with E-state index in [0.717, 1.165) is 9.85 Å². The Hall–Kier alpha value is -2.20. The Morgan fingerprint density at radius 1 is 1.12 bits per heavy atom. The predicted octanol–water partition coefficient (Wildman–Crippen LogP) is 3.20. The molecule has 10 heteroatoms. The van der Waals surface area contributed by atoms with Gasteiger partial charge >= 0.3 is 6.61 Å². The highest BCUT2D eigenvalue weighted by Gasteiger charge is 2.15. The number of rotatable bonds is 5. The van der Waals surface area contributed by atoms with E-state index in [1.54, 1.807) is 12.1 Å². The van der Waals surface area contributed by atoms with E-state index in [0.29, 0.717) is 4.88 Å². The molecule has 2 N–H and O–H groups in total. The number of carbonyl (C=O) groups excluding carboxylic acids is 2. The summed E-state index contributed by atoms with van der Waals surface area (Å²) in [5.41, 5.74) is 4.44. The summed E-state index contributed by atoms with van der Waals surface area (Å²) in [6.07, 6.45) is 0. The Labute approximate surface area is 147 Å². The van der Waals surface area contributed by atoms with Crippen molar-refractivity contribution in [2.24, 2.45) is 0 Å². The topological polar surface area (TPSA) is 76.7 Å². The quantitative estimate of drug-likeness (QED) is 0.728. The van der Waals surface area contributed by atoms with Crippen LogP contribution in [0.1, 0.15) is 20.0 Å². The van der Waals surface area contributed by atoms with Crippen molar-refractivity contribution in [2.45, 2.75) is 6.61 Å². The van der Waals surface area contributed by atoms with Gasteiger partial charge in [-0.1, -0.05) is 0 Å². The number of thiophene rings is 1. The van der Waals surface area contributed by atoms with Gasteiger partial charge in [-0.25, -0.2) is 0 Å². The third-order valence-corrected chi connectivity index (χ3v) is 4.35. The molecule has 1 aromatic heterocycles. The third kappa shape index (κ3) is 4.65. The lowest BCUT2D eigenvalue weighted by atomic mass is 10.2. The predicted molar refractivity (Wildman–Crippen MR) is 86.6 cm³/mol. The summed E-state index contributed by atoms with van der Waals surface area (Å²) in [7, 11) is 1.28. The smallest absolute Gasteiger partial charge is 0.387 e. The van der Waals surface area contributed by atoms with Gasteiger partial charge in [0.2, 0.25) is 0 Å². The molecule has 0 aliphatic rings. The molecule has 1 heterocycles. The summed E-state index contributed by atoms with van der Waals surface area (Å²) in [6.45, 7) is -3.06. The van der Waals surface area contributed by atoms with Crippen molar-refractivity contribution in [3.63, 3.8) is 0 Å². The minimum absolute atomic E-state index is 0.0131. The number of halogens is 3. The summed E-state index contributed by atoms with van der Waals surface area (Å²) in [5, 5.41) is 0. The SMILES string of the molecule is COc1ccc(C(=O)NNC(=O)c2ccc(Br)s2)cc1OC(F)F. The molecule has 128 valence electrons. The highest BCUT2D eigenvalue weighted by atomic mass is 79.9. The van der Waals surface area contributed by atoms with Crippen LogP contribution >= 0.6 is 27.3 Å². The van der Waals surface area contributed by atoms with Gasteiger partial charge in [0.25, 0.3) is 11.8 Å². The first-order chi connectivity index (χ1) is 11.4. The molecule has 2 rings (SSSR count). The molecule has 0 bridgehead atoms. The zero-order valence-electron chi connectivity index (χ0n) is 12.1. The molecule has 0 fully saturated rings.